The number of Topliss-reactive ketones (excluding diaryl/α,β-unsaturated/α-hetero) is 1. The van der Waals surface area contributed by atoms with Crippen LogP contribution in [-0.4, -0.2) is 78.9 Å². The van der Waals surface area contributed by atoms with Crippen molar-refractivity contribution in [3.05, 3.63) is 35.9 Å². The first-order valence-corrected chi connectivity index (χ1v) is 12.6. The number of hydrogen-bond donors (Lipinski definition) is 1. The van der Waals surface area contributed by atoms with E-state index in [0.717, 1.165) is 24.8 Å². The molecule has 0 bridgehead atoms. The third kappa shape index (κ3) is 10.9. The lowest BCUT2D eigenvalue weighted by Crippen LogP contribution is -2.57. The number of hydrogen-bond acceptors (Lipinski definition) is 7. The fourth-order valence-corrected chi connectivity index (χ4v) is 3.86. The monoisotopic (exact) mass is 489 g/mol. The van der Waals surface area contributed by atoms with Gasteiger partial charge in [-0.3, -0.25) is 19.3 Å². The smallest absolute Gasteiger partial charge is 0.407 e. The molecule has 0 aliphatic carbocycles. The average Bonchev–Trinajstić information content (AvgIpc) is 2.87. The molecule has 1 aliphatic heterocycles. The number of rotatable bonds is 14. The van der Waals surface area contributed by atoms with Gasteiger partial charge in [0.25, 0.3) is 0 Å². The first-order valence-electron chi connectivity index (χ1n) is 12.6. The fourth-order valence-electron chi connectivity index (χ4n) is 3.86. The van der Waals surface area contributed by atoms with Gasteiger partial charge in [0, 0.05) is 45.4 Å². The largest absolute Gasteiger partial charge is 0.464 e. The number of piperazine rings is 1. The highest BCUT2D eigenvalue weighted by atomic mass is 16.5. The lowest BCUT2D eigenvalue weighted by atomic mass is 10.1. The number of alkyl carbamates (subject to hydrolysis) is 1. The van der Waals surface area contributed by atoms with Crippen LogP contribution in [0.15, 0.2) is 30.3 Å². The topological polar surface area (TPSA) is 105 Å². The Kier molecular flexibility index (Phi) is 12.8. The lowest BCUT2D eigenvalue weighted by molar-refractivity contribution is -0.147. The number of nitrogens with one attached hydrogen (secondary N) is 1. The quantitative estimate of drug-likeness (QED) is 0.316. The Balaban J connectivity index is 1.79. The molecule has 35 heavy (non-hydrogen) atoms. The molecule has 1 aromatic carbocycles. The molecule has 0 saturated carbocycles. The van der Waals surface area contributed by atoms with Crippen molar-refractivity contribution >= 4 is 23.8 Å². The standard InChI is InChI=1S/C26H39N3O6/c1-3-5-7-12-23(30)18-28-15-16-29(17-22(28)20-34-25(32)4-2)24(31)13-14-27-26(33)35-19-21-10-8-6-9-11-21/h6,8-11,22H,3-5,7,12-20H2,1-2H3,(H,27,33). The van der Waals surface area contributed by atoms with Gasteiger partial charge in [0.2, 0.25) is 5.91 Å². The van der Waals surface area contributed by atoms with E-state index in [1.54, 1.807) is 11.8 Å². The molecule has 2 rings (SSSR count). The van der Waals surface area contributed by atoms with Crippen LogP contribution >= 0.6 is 0 Å². The van der Waals surface area contributed by atoms with Crippen LogP contribution in [0.25, 0.3) is 0 Å². The molecule has 1 N–H and O–H groups in total. The van der Waals surface area contributed by atoms with Crippen molar-refractivity contribution in [3.8, 4) is 0 Å². The molecule has 1 heterocycles. The molecule has 0 radical (unpaired) electrons. The number of carbonyl (C=O) groups excluding carboxylic acids is 4. The molecule has 0 aromatic heterocycles. The molecule has 1 aliphatic rings. The Hall–Kier alpha value is -2.94. The second kappa shape index (κ2) is 15.9. The Bertz CT molecular complexity index is 817. The van der Waals surface area contributed by atoms with E-state index in [4.69, 9.17) is 9.47 Å². The van der Waals surface area contributed by atoms with Gasteiger partial charge in [-0.25, -0.2) is 4.79 Å². The summed E-state index contributed by atoms with van der Waals surface area (Å²) in [7, 11) is 0. The van der Waals surface area contributed by atoms with Crippen LogP contribution in [0.1, 0.15) is 57.9 Å². The maximum absolute atomic E-state index is 12.7. The molecule has 1 fully saturated rings. The first-order chi connectivity index (χ1) is 16.9. The molecule has 1 saturated heterocycles. The maximum Gasteiger partial charge on any atom is 0.407 e. The molecule has 1 aromatic rings. The van der Waals surface area contributed by atoms with Crippen LogP contribution < -0.4 is 5.32 Å². The molecule has 194 valence electrons. The Morgan fingerprint density at radius 2 is 1.77 bits per heavy atom. The summed E-state index contributed by atoms with van der Waals surface area (Å²) in [5.41, 5.74) is 0.884. The second-order valence-electron chi connectivity index (χ2n) is 8.73. The Morgan fingerprint density at radius 3 is 2.49 bits per heavy atom. The van der Waals surface area contributed by atoms with E-state index >= 15 is 0 Å². The van der Waals surface area contributed by atoms with Crippen LogP contribution in [0.3, 0.4) is 0 Å². The predicted molar refractivity (Wildman–Crippen MR) is 132 cm³/mol. The van der Waals surface area contributed by atoms with Gasteiger partial charge in [0.15, 0.2) is 0 Å². The van der Waals surface area contributed by atoms with Crippen molar-refractivity contribution in [1.82, 2.24) is 15.1 Å². The molecular weight excluding hydrogens is 450 g/mol. The van der Waals surface area contributed by atoms with E-state index in [2.05, 4.69) is 12.2 Å². The third-order valence-corrected chi connectivity index (χ3v) is 5.94. The number of unbranched alkanes of at least 4 members (excludes halogenated alkanes) is 2. The van der Waals surface area contributed by atoms with E-state index in [0.29, 0.717) is 32.6 Å². The summed E-state index contributed by atoms with van der Waals surface area (Å²) in [4.78, 5) is 52.5. The summed E-state index contributed by atoms with van der Waals surface area (Å²) < 4.78 is 10.5. The van der Waals surface area contributed by atoms with Crippen LogP contribution in [0.4, 0.5) is 4.79 Å². The molecule has 1 atom stereocenters. The zero-order valence-electron chi connectivity index (χ0n) is 21.0. The number of esters is 1. The van der Waals surface area contributed by atoms with E-state index in [-0.39, 0.29) is 56.3 Å². The van der Waals surface area contributed by atoms with Gasteiger partial charge in [-0.15, -0.1) is 0 Å². The second-order valence-corrected chi connectivity index (χ2v) is 8.73. The predicted octanol–water partition coefficient (Wildman–Crippen LogP) is 2.92. The van der Waals surface area contributed by atoms with Crippen molar-refractivity contribution in [3.63, 3.8) is 0 Å². The highest BCUT2D eigenvalue weighted by Gasteiger charge is 2.31. The third-order valence-electron chi connectivity index (χ3n) is 5.94. The molecule has 0 spiro atoms. The molecule has 9 heteroatoms. The SMILES string of the molecule is CCCCCC(=O)CN1CCN(C(=O)CCNC(=O)OCc2ccccc2)CC1COC(=O)CC. The van der Waals surface area contributed by atoms with Crippen LogP contribution in [-0.2, 0) is 30.5 Å². The van der Waals surface area contributed by atoms with Crippen LogP contribution in [0.5, 0.6) is 0 Å². The highest BCUT2D eigenvalue weighted by molar-refractivity contribution is 5.80. The minimum absolute atomic E-state index is 0.103. The minimum atomic E-state index is -0.572. The number of ether oxygens (including phenoxy) is 2. The van der Waals surface area contributed by atoms with Gasteiger partial charge >= 0.3 is 12.1 Å². The van der Waals surface area contributed by atoms with Gasteiger partial charge in [0.05, 0.1) is 12.6 Å². The van der Waals surface area contributed by atoms with E-state index in [9.17, 15) is 19.2 Å². The van der Waals surface area contributed by atoms with Gasteiger partial charge in [0.1, 0.15) is 19.0 Å². The zero-order valence-corrected chi connectivity index (χ0v) is 21.0. The number of nitrogens with zero attached hydrogens (tertiary/aromatic N) is 2. The minimum Gasteiger partial charge on any atom is -0.464 e. The number of carbonyl (C=O) groups is 4. The summed E-state index contributed by atoms with van der Waals surface area (Å²) >= 11 is 0. The number of ketones is 1. The molecule has 9 nitrogen and oxygen atoms in total. The molecule has 2 amide bonds. The van der Waals surface area contributed by atoms with Crippen LogP contribution in [0, 0.1) is 0 Å². The number of amides is 2. The average molecular weight is 490 g/mol. The summed E-state index contributed by atoms with van der Waals surface area (Å²) in [6.07, 6.45) is 3.35. The maximum atomic E-state index is 12.7. The van der Waals surface area contributed by atoms with Gasteiger partial charge in [-0.1, -0.05) is 57.0 Å². The van der Waals surface area contributed by atoms with E-state index in [1.165, 1.54) is 0 Å². The highest BCUT2D eigenvalue weighted by Crippen LogP contribution is 2.13. The van der Waals surface area contributed by atoms with Crippen molar-refractivity contribution < 1.29 is 28.7 Å². The summed E-state index contributed by atoms with van der Waals surface area (Å²) in [6, 6.07) is 9.12. The van der Waals surface area contributed by atoms with Crippen molar-refractivity contribution in [2.45, 2.75) is 65.0 Å². The summed E-state index contributed by atoms with van der Waals surface area (Å²) in [6.45, 7) is 5.99. The van der Waals surface area contributed by atoms with Crippen molar-refractivity contribution in [2.24, 2.45) is 0 Å². The number of benzene rings is 1. The van der Waals surface area contributed by atoms with Gasteiger partial charge in [-0.05, 0) is 12.0 Å². The molecule has 1 unspecified atom stereocenters. The Labute approximate surface area is 208 Å². The van der Waals surface area contributed by atoms with Gasteiger partial charge < -0.3 is 19.7 Å². The van der Waals surface area contributed by atoms with E-state index < -0.39 is 6.09 Å². The van der Waals surface area contributed by atoms with Gasteiger partial charge in [-0.2, -0.15) is 0 Å². The first kappa shape index (κ1) is 28.3. The Morgan fingerprint density at radius 1 is 1.00 bits per heavy atom. The van der Waals surface area contributed by atoms with E-state index in [1.807, 2.05) is 35.2 Å². The lowest BCUT2D eigenvalue weighted by Gasteiger charge is -2.40. The van der Waals surface area contributed by atoms with Crippen LogP contribution in [0.2, 0.25) is 0 Å². The van der Waals surface area contributed by atoms with Crippen molar-refractivity contribution in [1.29, 1.82) is 0 Å². The normalized spacial score (nSPS) is 15.9. The fraction of sp³-hybridized carbons (Fsp3) is 0.615. The zero-order chi connectivity index (χ0) is 25.5. The summed E-state index contributed by atoms with van der Waals surface area (Å²) in [5.74, 6) is -0.238. The van der Waals surface area contributed by atoms with Crippen molar-refractivity contribution in [2.75, 3.05) is 39.3 Å². The molecular formula is C26H39N3O6. The summed E-state index contributed by atoms with van der Waals surface area (Å²) in [5, 5.41) is 2.61.